The summed E-state index contributed by atoms with van der Waals surface area (Å²) in [5.41, 5.74) is 3.92. The van der Waals surface area contributed by atoms with Crippen molar-refractivity contribution in [1.29, 1.82) is 0 Å². The molecule has 0 aliphatic carbocycles. The largest absolute Gasteiger partial charge is 0.378 e. The van der Waals surface area contributed by atoms with Gasteiger partial charge in [-0.05, 0) is 40.5 Å². The van der Waals surface area contributed by atoms with Crippen molar-refractivity contribution >= 4 is 38.9 Å². The topological polar surface area (TPSA) is 42.2 Å². The fraction of sp³-hybridized carbons (Fsp3) is 0.143. The molecule has 1 aromatic carbocycles. The summed E-state index contributed by atoms with van der Waals surface area (Å²) in [5, 5.41) is 4.05. The lowest BCUT2D eigenvalue weighted by Crippen LogP contribution is -2.03. The van der Waals surface area contributed by atoms with E-state index in [0.29, 0.717) is 6.54 Å². The molecule has 102 valence electrons. The number of hydrogen-bond acceptors (Lipinski definition) is 3. The minimum atomic E-state index is 0.639. The van der Waals surface area contributed by atoms with E-state index in [9.17, 15) is 0 Å². The molecule has 0 aliphatic rings. The first kappa shape index (κ1) is 13.4. The Bertz CT molecular complexity index is 769. The van der Waals surface area contributed by atoms with E-state index < -0.39 is 0 Å². The van der Waals surface area contributed by atoms with E-state index in [1.807, 2.05) is 41.9 Å². The number of aryl methyl sites for hydroxylation is 1. The molecule has 0 atom stereocenters. The molecule has 2 aromatic heterocycles. The van der Waals surface area contributed by atoms with Gasteiger partial charge in [-0.3, -0.25) is 4.40 Å². The van der Waals surface area contributed by atoms with Crippen molar-refractivity contribution in [2.24, 2.45) is 0 Å². The second kappa shape index (κ2) is 5.42. The van der Waals surface area contributed by atoms with Crippen molar-refractivity contribution < 1.29 is 0 Å². The van der Waals surface area contributed by atoms with E-state index in [1.54, 1.807) is 6.20 Å². The fourth-order valence-electron chi connectivity index (χ4n) is 2.00. The van der Waals surface area contributed by atoms with Crippen LogP contribution in [-0.2, 0) is 6.54 Å². The Balaban J connectivity index is 1.85. The summed E-state index contributed by atoms with van der Waals surface area (Å²) in [5.74, 6) is 0. The Labute approximate surface area is 129 Å². The van der Waals surface area contributed by atoms with Crippen LogP contribution in [0.5, 0.6) is 0 Å². The predicted octanol–water partition coefficient (Wildman–Crippen LogP) is 4.07. The van der Waals surface area contributed by atoms with E-state index in [-0.39, 0.29) is 0 Å². The molecule has 0 unspecified atom stereocenters. The van der Waals surface area contributed by atoms with Gasteiger partial charge in [0.1, 0.15) is 4.60 Å². The van der Waals surface area contributed by atoms with Gasteiger partial charge in [0.25, 0.3) is 0 Å². The van der Waals surface area contributed by atoms with Crippen molar-refractivity contribution in [2.75, 3.05) is 5.32 Å². The molecular weight excluding hydrogens is 340 g/mol. The monoisotopic (exact) mass is 350 g/mol. The van der Waals surface area contributed by atoms with Gasteiger partial charge in [0.05, 0.1) is 35.3 Å². The molecule has 1 N–H and O–H groups in total. The average molecular weight is 352 g/mol. The SMILES string of the molecule is Cc1ccc(NCc2cnc3cnc(Br)cn23)c(Cl)c1. The number of aromatic nitrogens is 3. The van der Waals surface area contributed by atoms with E-state index in [2.05, 4.69) is 31.2 Å². The second-order valence-corrected chi connectivity index (χ2v) is 5.74. The molecule has 0 radical (unpaired) electrons. The molecule has 2 heterocycles. The molecule has 20 heavy (non-hydrogen) atoms. The normalized spacial score (nSPS) is 10.9. The number of anilines is 1. The highest BCUT2D eigenvalue weighted by atomic mass is 79.9. The summed E-state index contributed by atoms with van der Waals surface area (Å²) in [6, 6.07) is 5.96. The van der Waals surface area contributed by atoms with Gasteiger partial charge in [-0.25, -0.2) is 9.97 Å². The van der Waals surface area contributed by atoms with Gasteiger partial charge in [0.2, 0.25) is 0 Å². The number of rotatable bonds is 3. The first-order valence-electron chi connectivity index (χ1n) is 6.11. The third kappa shape index (κ3) is 2.64. The van der Waals surface area contributed by atoms with Crippen LogP contribution in [0.2, 0.25) is 5.02 Å². The maximum atomic E-state index is 6.21. The molecule has 3 rings (SSSR count). The summed E-state index contributed by atoms with van der Waals surface area (Å²) >= 11 is 9.58. The molecule has 0 saturated carbocycles. The molecule has 0 fully saturated rings. The van der Waals surface area contributed by atoms with Crippen molar-refractivity contribution in [3.63, 3.8) is 0 Å². The van der Waals surface area contributed by atoms with Crippen LogP contribution in [0.1, 0.15) is 11.3 Å². The number of fused-ring (bicyclic) bond motifs is 1. The maximum absolute atomic E-state index is 6.21. The minimum Gasteiger partial charge on any atom is -0.378 e. The average Bonchev–Trinajstić information content (AvgIpc) is 2.80. The van der Waals surface area contributed by atoms with Crippen LogP contribution >= 0.6 is 27.5 Å². The fourth-order valence-corrected chi connectivity index (χ4v) is 2.61. The molecule has 4 nitrogen and oxygen atoms in total. The minimum absolute atomic E-state index is 0.639. The van der Waals surface area contributed by atoms with Gasteiger partial charge in [-0.15, -0.1) is 0 Å². The lowest BCUT2D eigenvalue weighted by Gasteiger charge is -2.09. The lowest BCUT2D eigenvalue weighted by molar-refractivity contribution is 0.983. The molecule has 0 saturated heterocycles. The first-order chi connectivity index (χ1) is 9.63. The highest BCUT2D eigenvalue weighted by molar-refractivity contribution is 9.10. The number of nitrogens with one attached hydrogen (secondary N) is 1. The predicted molar refractivity (Wildman–Crippen MR) is 84.2 cm³/mol. The molecule has 0 aliphatic heterocycles. The third-order valence-corrected chi connectivity index (χ3v) is 3.75. The maximum Gasteiger partial charge on any atom is 0.155 e. The van der Waals surface area contributed by atoms with E-state index in [0.717, 1.165) is 32.2 Å². The van der Waals surface area contributed by atoms with Crippen LogP contribution in [0.25, 0.3) is 5.65 Å². The van der Waals surface area contributed by atoms with Crippen molar-refractivity contribution in [3.05, 3.63) is 57.7 Å². The molecule has 0 spiro atoms. The van der Waals surface area contributed by atoms with Crippen molar-refractivity contribution in [1.82, 2.24) is 14.4 Å². The number of hydrogen-bond donors (Lipinski definition) is 1. The van der Waals surface area contributed by atoms with E-state index in [4.69, 9.17) is 11.6 Å². The molecule has 0 bridgehead atoms. The van der Waals surface area contributed by atoms with Crippen molar-refractivity contribution in [3.8, 4) is 0 Å². The number of nitrogens with zero attached hydrogens (tertiary/aromatic N) is 3. The van der Waals surface area contributed by atoms with Gasteiger partial charge in [-0.1, -0.05) is 17.7 Å². The Kier molecular flexibility index (Phi) is 3.63. The number of benzene rings is 1. The zero-order chi connectivity index (χ0) is 14.1. The van der Waals surface area contributed by atoms with Crippen LogP contribution in [0.15, 0.2) is 41.4 Å². The lowest BCUT2D eigenvalue weighted by atomic mass is 10.2. The van der Waals surface area contributed by atoms with Gasteiger partial charge in [0, 0.05) is 6.20 Å². The Hall–Kier alpha value is -1.59. The molecule has 6 heteroatoms. The van der Waals surface area contributed by atoms with Crippen LogP contribution in [0, 0.1) is 6.92 Å². The standard InChI is InChI=1S/C14H12BrClN4/c1-9-2-3-12(11(16)4-9)17-5-10-6-19-14-7-18-13(15)8-20(10)14/h2-4,6-8,17H,5H2,1H3. The zero-order valence-corrected chi connectivity index (χ0v) is 13.1. The highest BCUT2D eigenvalue weighted by Gasteiger charge is 2.05. The van der Waals surface area contributed by atoms with E-state index >= 15 is 0 Å². The Morgan fingerprint density at radius 3 is 2.95 bits per heavy atom. The summed E-state index contributed by atoms with van der Waals surface area (Å²) in [6.45, 7) is 2.66. The smallest absolute Gasteiger partial charge is 0.155 e. The molecular formula is C14H12BrClN4. The van der Waals surface area contributed by atoms with Crippen LogP contribution in [0.3, 0.4) is 0 Å². The molecule has 0 amide bonds. The van der Waals surface area contributed by atoms with Crippen LogP contribution in [0.4, 0.5) is 5.69 Å². The van der Waals surface area contributed by atoms with E-state index in [1.165, 1.54) is 0 Å². The summed E-state index contributed by atoms with van der Waals surface area (Å²) in [7, 11) is 0. The third-order valence-electron chi connectivity index (χ3n) is 3.03. The van der Waals surface area contributed by atoms with Crippen LogP contribution in [-0.4, -0.2) is 14.4 Å². The van der Waals surface area contributed by atoms with Crippen molar-refractivity contribution in [2.45, 2.75) is 13.5 Å². The summed E-state index contributed by atoms with van der Waals surface area (Å²) in [6.07, 6.45) is 5.46. The Morgan fingerprint density at radius 2 is 2.15 bits per heavy atom. The quantitative estimate of drug-likeness (QED) is 0.773. The van der Waals surface area contributed by atoms with Gasteiger partial charge < -0.3 is 5.32 Å². The van der Waals surface area contributed by atoms with Gasteiger partial charge in [-0.2, -0.15) is 0 Å². The molecule has 3 aromatic rings. The number of halogens is 2. The zero-order valence-electron chi connectivity index (χ0n) is 10.8. The Morgan fingerprint density at radius 1 is 1.30 bits per heavy atom. The highest BCUT2D eigenvalue weighted by Crippen LogP contribution is 2.23. The number of imidazole rings is 1. The van der Waals surface area contributed by atoms with Gasteiger partial charge in [0.15, 0.2) is 5.65 Å². The summed E-state index contributed by atoms with van der Waals surface area (Å²) in [4.78, 5) is 8.47. The first-order valence-corrected chi connectivity index (χ1v) is 7.28. The second-order valence-electron chi connectivity index (χ2n) is 4.52. The van der Waals surface area contributed by atoms with Crippen LogP contribution < -0.4 is 5.32 Å². The summed E-state index contributed by atoms with van der Waals surface area (Å²) < 4.78 is 2.77. The van der Waals surface area contributed by atoms with Gasteiger partial charge >= 0.3 is 0 Å².